The Morgan fingerprint density at radius 3 is 2.89 bits per heavy atom. The summed E-state index contributed by atoms with van der Waals surface area (Å²) in [6.07, 6.45) is 3.46. The summed E-state index contributed by atoms with van der Waals surface area (Å²) >= 11 is 1.63. The van der Waals surface area contributed by atoms with Crippen LogP contribution < -0.4 is 0 Å². The quantitative estimate of drug-likeness (QED) is 0.794. The van der Waals surface area contributed by atoms with Crippen molar-refractivity contribution in [2.45, 2.75) is 19.4 Å². The Bertz CT molecular complexity index is 675. The first kappa shape index (κ1) is 12.3. The SMILES string of the molecule is Cc1ccncc1C(O)Cc1nc2ccccc2s1. The number of thiazole rings is 1. The van der Waals surface area contributed by atoms with Gasteiger partial charge in [-0.3, -0.25) is 4.98 Å². The summed E-state index contributed by atoms with van der Waals surface area (Å²) in [6.45, 7) is 1.98. The van der Waals surface area contributed by atoms with Crippen molar-refractivity contribution in [3.63, 3.8) is 0 Å². The van der Waals surface area contributed by atoms with Gasteiger partial charge in [-0.15, -0.1) is 11.3 Å². The Kier molecular flexibility index (Phi) is 3.27. The number of aryl methyl sites for hydroxylation is 1. The monoisotopic (exact) mass is 270 g/mol. The van der Waals surface area contributed by atoms with Crippen LogP contribution in [0.4, 0.5) is 0 Å². The molecule has 0 spiro atoms. The van der Waals surface area contributed by atoms with Gasteiger partial charge in [-0.05, 0) is 30.7 Å². The number of fused-ring (bicyclic) bond motifs is 1. The molecule has 0 aliphatic rings. The average molecular weight is 270 g/mol. The van der Waals surface area contributed by atoms with Crippen LogP contribution in [0.25, 0.3) is 10.2 Å². The van der Waals surface area contributed by atoms with Crippen molar-refractivity contribution in [3.05, 3.63) is 58.9 Å². The topological polar surface area (TPSA) is 46.0 Å². The first-order chi connectivity index (χ1) is 9.24. The molecule has 0 aliphatic carbocycles. The summed E-state index contributed by atoms with van der Waals surface area (Å²) in [4.78, 5) is 8.62. The second-order valence-corrected chi connectivity index (χ2v) is 5.64. The first-order valence-corrected chi connectivity index (χ1v) is 6.99. The molecule has 3 nitrogen and oxygen atoms in total. The van der Waals surface area contributed by atoms with E-state index >= 15 is 0 Å². The minimum Gasteiger partial charge on any atom is -0.388 e. The molecule has 0 radical (unpaired) electrons. The Labute approximate surface area is 115 Å². The highest BCUT2D eigenvalue weighted by molar-refractivity contribution is 7.18. The molecule has 3 rings (SSSR count). The van der Waals surface area contributed by atoms with Gasteiger partial charge >= 0.3 is 0 Å². The van der Waals surface area contributed by atoms with Crippen molar-refractivity contribution < 1.29 is 5.11 Å². The van der Waals surface area contributed by atoms with E-state index in [1.165, 1.54) is 0 Å². The fourth-order valence-electron chi connectivity index (χ4n) is 2.11. The molecule has 0 amide bonds. The Morgan fingerprint density at radius 1 is 1.26 bits per heavy atom. The minimum absolute atomic E-state index is 0.534. The molecule has 19 heavy (non-hydrogen) atoms. The van der Waals surface area contributed by atoms with E-state index in [2.05, 4.69) is 16.0 Å². The highest BCUT2D eigenvalue weighted by atomic mass is 32.1. The molecule has 0 saturated heterocycles. The molecule has 0 bridgehead atoms. The Balaban J connectivity index is 1.86. The lowest BCUT2D eigenvalue weighted by atomic mass is 10.0. The fourth-order valence-corrected chi connectivity index (χ4v) is 3.11. The smallest absolute Gasteiger partial charge is 0.0967 e. The highest BCUT2D eigenvalue weighted by Gasteiger charge is 2.14. The number of pyridine rings is 1. The number of hydrogen-bond acceptors (Lipinski definition) is 4. The van der Waals surface area contributed by atoms with E-state index in [1.54, 1.807) is 23.7 Å². The predicted octanol–water partition coefficient (Wildman–Crippen LogP) is 3.28. The molecule has 1 unspecified atom stereocenters. The molecule has 2 heterocycles. The standard InChI is InChI=1S/C15H14N2OS/c1-10-6-7-16-9-11(10)13(18)8-15-17-12-4-2-3-5-14(12)19-15/h2-7,9,13,18H,8H2,1H3. The van der Waals surface area contributed by atoms with Crippen LogP contribution in [0.3, 0.4) is 0 Å². The maximum Gasteiger partial charge on any atom is 0.0967 e. The van der Waals surface area contributed by atoms with Gasteiger partial charge in [0.2, 0.25) is 0 Å². The lowest BCUT2D eigenvalue weighted by Gasteiger charge is -2.11. The van der Waals surface area contributed by atoms with E-state index in [4.69, 9.17) is 0 Å². The predicted molar refractivity (Wildman–Crippen MR) is 77.3 cm³/mol. The molecule has 1 aromatic carbocycles. The number of hydrogen-bond donors (Lipinski definition) is 1. The number of benzene rings is 1. The third-order valence-corrected chi connectivity index (χ3v) is 4.20. The van der Waals surface area contributed by atoms with E-state index in [0.717, 1.165) is 26.4 Å². The van der Waals surface area contributed by atoms with Crippen molar-refractivity contribution in [1.82, 2.24) is 9.97 Å². The lowest BCUT2D eigenvalue weighted by molar-refractivity contribution is 0.177. The summed E-state index contributed by atoms with van der Waals surface area (Å²) in [5.41, 5.74) is 2.93. The first-order valence-electron chi connectivity index (χ1n) is 6.17. The van der Waals surface area contributed by atoms with Gasteiger partial charge in [0.25, 0.3) is 0 Å². The second-order valence-electron chi connectivity index (χ2n) is 4.53. The third kappa shape index (κ3) is 2.50. The van der Waals surface area contributed by atoms with E-state index in [9.17, 15) is 5.11 Å². The summed E-state index contributed by atoms with van der Waals surface area (Å²) in [6, 6.07) is 9.95. The van der Waals surface area contributed by atoms with Crippen LogP contribution in [0.5, 0.6) is 0 Å². The van der Waals surface area contributed by atoms with Gasteiger partial charge in [0, 0.05) is 24.4 Å². The Hall–Kier alpha value is -1.78. The van der Waals surface area contributed by atoms with Crippen LogP contribution in [0, 0.1) is 6.92 Å². The van der Waals surface area contributed by atoms with Gasteiger partial charge < -0.3 is 5.11 Å². The largest absolute Gasteiger partial charge is 0.388 e. The number of rotatable bonds is 3. The van der Waals surface area contributed by atoms with Gasteiger partial charge in [-0.25, -0.2) is 4.98 Å². The molecule has 3 aromatic rings. The van der Waals surface area contributed by atoms with Crippen LogP contribution in [0.15, 0.2) is 42.7 Å². The van der Waals surface area contributed by atoms with Crippen molar-refractivity contribution in [1.29, 1.82) is 0 Å². The van der Waals surface area contributed by atoms with Gasteiger partial charge in [0.15, 0.2) is 0 Å². The van der Waals surface area contributed by atoms with Crippen LogP contribution in [-0.2, 0) is 6.42 Å². The molecule has 0 saturated carbocycles. The molecule has 0 fully saturated rings. The molecule has 1 atom stereocenters. The van der Waals surface area contributed by atoms with Crippen molar-refractivity contribution in [2.75, 3.05) is 0 Å². The zero-order valence-electron chi connectivity index (χ0n) is 10.6. The summed E-state index contributed by atoms with van der Waals surface area (Å²) < 4.78 is 1.16. The van der Waals surface area contributed by atoms with Gasteiger partial charge in [-0.1, -0.05) is 12.1 Å². The summed E-state index contributed by atoms with van der Waals surface area (Å²) in [5.74, 6) is 0. The molecule has 1 N–H and O–H groups in total. The van der Waals surface area contributed by atoms with E-state index < -0.39 is 6.10 Å². The Morgan fingerprint density at radius 2 is 2.11 bits per heavy atom. The fraction of sp³-hybridized carbons (Fsp3) is 0.200. The molecule has 2 aromatic heterocycles. The molecule has 96 valence electrons. The summed E-state index contributed by atoms with van der Waals surface area (Å²) in [5, 5.41) is 11.3. The molecule has 4 heteroatoms. The number of aliphatic hydroxyl groups excluding tert-OH is 1. The maximum atomic E-state index is 10.3. The number of aromatic nitrogens is 2. The van der Waals surface area contributed by atoms with E-state index in [0.29, 0.717) is 6.42 Å². The second kappa shape index (κ2) is 5.07. The lowest BCUT2D eigenvalue weighted by Crippen LogP contribution is -2.04. The van der Waals surface area contributed by atoms with Crippen LogP contribution in [-0.4, -0.2) is 15.1 Å². The van der Waals surface area contributed by atoms with Crippen molar-refractivity contribution in [3.8, 4) is 0 Å². The normalized spacial score (nSPS) is 12.7. The number of nitrogens with zero attached hydrogens (tertiary/aromatic N) is 2. The van der Waals surface area contributed by atoms with E-state index in [-0.39, 0.29) is 0 Å². The zero-order chi connectivity index (χ0) is 13.2. The highest BCUT2D eigenvalue weighted by Crippen LogP contribution is 2.26. The van der Waals surface area contributed by atoms with Crippen LogP contribution in [0.1, 0.15) is 22.2 Å². The molecular weight excluding hydrogens is 256 g/mol. The van der Waals surface area contributed by atoms with Crippen molar-refractivity contribution in [2.24, 2.45) is 0 Å². The van der Waals surface area contributed by atoms with E-state index in [1.807, 2.05) is 31.2 Å². The maximum absolute atomic E-state index is 10.3. The summed E-state index contributed by atoms with van der Waals surface area (Å²) in [7, 11) is 0. The third-order valence-electron chi connectivity index (χ3n) is 3.14. The number of para-hydroxylation sites is 1. The number of aliphatic hydroxyl groups is 1. The van der Waals surface area contributed by atoms with Gasteiger partial charge in [-0.2, -0.15) is 0 Å². The van der Waals surface area contributed by atoms with Gasteiger partial charge in [0.1, 0.15) is 0 Å². The van der Waals surface area contributed by atoms with Crippen LogP contribution in [0.2, 0.25) is 0 Å². The molecule has 0 aliphatic heterocycles. The average Bonchev–Trinajstić information content (AvgIpc) is 2.81. The minimum atomic E-state index is -0.547. The van der Waals surface area contributed by atoms with Crippen LogP contribution >= 0.6 is 11.3 Å². The zero-order valence-corrected chi connectivity index (χ0v) is 11.4. The molecular formula is C15H14N2OS. The van der Waals surface area contributed by atoms with Gasteiger partial charge in [0.05, 0.1) is 21.3 Å². The van der Waals surface area contributed by atoms with Crippen molar-refractivity contribution >= 4 is 21.6 Å².